The van der Waals surface area contributed by atoms with E-state index in [9.17, 15) is 0 Å². The van der Waals surface area contributed by atoms with Crippen molar-refractivity contribution in [1.82, 2.24) is 10.3 Å². The van der Waals surface area contributed by atoms with E-state index in [4.69, 9.17) is 9.47 Å². The number of nitrogens with zero attached hydrogens (tertiary/aromatic N) is 1. The first kappa shape index (κ1) is 12.9. The standard InChI is InChI=1S/C16H18N2O2/c1-11-5-6-18-10-13(11)16(17-2)12-3-4-14-15(9-12)20-8-7-19-14/h3-6,9-10,16-17H,7-8H2,1-2H3. The molecular weight excluding hydrogens is 252 g/mol. The van der Waals surface area contributed by atoms with Crippen LogP contribution in [-0.4, -0.2) is 25.2 Å². The molecule has 1 N–H and O–H groups in total. The van der Waals surface area contributed by atoms with Crippen LogP contribution in [0.3, 0.4) is 0 Å². The van der Waals surface area contributed by atoms with Gasteiger partial charge in [-0.3, -0.25) is 4.98 Å². The Morgan fingerprint density at radius 2 is 1.95 bits per heavy atom. The summed E-state index contributed by atoms with van der Waals surface area (Å²) < 4.78 is 11.2. The lowest BCUT2D eigenvalue weighted by atomic mass is 9.96. The average molecular weight is 270 g/mol. The molecule has 1 aliphatic rings. The molecule has 1 unspecified atom stereocenters. The molecule has 20 heavy (non-hydrogen) atoms. The second-order valence-electron chi connectivity index (χ2n) is 4.86. The molecule has 4 nitrogen and oxygen atoms in total. The summed E-state index contributed by atoms with van der Waals surface area (Å²) in [4.78, 5) is 4.23. The highest BCUT2D eigenvalue weighted by atomic mass is 16.6. The van der Waals surface area contributed by atoms with Crippen molar-refractivity contribution >= 4 is 0 Å². The lowest BCUT2D eigenvalue weighted by molar-refractivity contribution is 0.171. The maximum atomic E-state index is 5.66. The third kappa shape index (κ3) is 2.34. The average Bonchev–Trinajstić information content (AvgIpc) is 2.50. The molecule has 2 heterocycles. The van der Waals surface area contributed by atoms with Gasteiger partial charge in [0.25, 0.3) is 0 Å². The van der Waals surface area contributed by atoms with Crippen LogP contribution in [-0.2, 0) is 0 Å². The topological polar surface area (TPSA) is 43.4 Å². The zero-order chi connectivity index (χ0) is 13.9. The van der Waals surface area contributed by atoms with Crippen molar-refractivity contribution in [2.75, 3.05) is 20.3 Å². The van der Waals surface area contributed by atoms with E-state index < -0.39 is 0 Å². The van der Waals surface area contributed by atoms with Crippen LogP contribution in [0, 0.1) is 6.92 Å². The van der Waals surface area contributed by atoms with Gasteiger partial charge in [-0.15, -0.1) is 0 Å². The minimum absolute atomic E-state index is 0.0968. The lowest BCUT2D eigenvalue weighted by Crippen LogP contribution is -2.20. The van der Waals surface area contributed by atoms with E-state index in [0.29, 0.717) is 13.2 Å². The number of nitrogens with one attached hydrogen (secondary N) is 1. The summed E-state index contributed by atoms with van der Waals surface area (Å²) in [6.07, 6.45) is 3.72. The highest BCUT2D eigenvalue weighted by Crippen LogP contribution is 2.34. The van der Waals surface area contributed by atoms with E-state index in [2.05, 4.69) is 23.3 Å². The molecular formula is C16H18N2O2. The molecule has 0 aliphatic carbocycles. The quantitative estimate of drug-likeness (QED) is 0.930. The zero-order valence-electron chi connectivity index (χ0n) is 11.7. The Hall–Kier alpha value is -2.07. The van der Waals surface area contributed by atoms with E-state index in [-0.39, 0.29) is 6.04 Å². The Morgan fingerprint density at radius 3 is 2.70 bits per heavy atom. The highest BCUT2D eigenvalue weighted by Gasteiger charge is 2.18. The maximum absolute atomic E-state index is 5.66. The SMILES string of the molecule is CNC(c1ccc2c(c1)OCCO2)c1cnccc1C. The van der Waals surface area contributed by atoms with Crippen LogP contribution >= 0.6 is 0 Å². The molecule has 1 aliphatic heterocycles. The molecule has 0 amide bonds. The van der Waals surface area contributed by atoms with E-state index in [1.807, 2.05) is 37.6 Å². The molecule has 0 saturated heterocycles. The molecule has 1 atom stereocenters. The molecule has 1 aromatic heterocycles. The molecule has 2 aromatic rings. The Morgan fingerprint density at radius 1 is 1.15 bits per heavy atom. The van der Waals surface area contributed by atoms with Crippen molar-refractivity contribution in [1.29, 1.82) is 0 Å². The van der Waals surface area contributed by atoms with Crippen molar-refractivity contribution in [3.8, 4) is 11.5 Å². The van der Waals surface area contributed by atoms with Gasteiger partial charge in [0, 0.05) is 12.4 Å². The molecule has 0 radical (unpaired) electrons. The van der Waals surface area contributed by atoms with E-state index in [1.165, 1.54) is 11.1 Å². The number of pyridine rings is 1. The van der Waals surface area contributed by atoms with Gasteiger partial charge < -0.3 is 14.8 Å². The second kappa shape index (κ2) is 5.51. The first-order valence-electron chi connectivity index (χ1n) is 6.77. The molecule has 1 aromatic carbocycles. The van der Waals surface area contributed by atoms with Gasteiger partial charge in [0.1, 0.15) is 13.2 Å². The predicted octanol–water partition coefficient (Wildman–Crippen LogP) is 2.47. The van der Waals surface area contributed by atoms with Gasteiger partial charge in [-0.1, -0.05) is 6.07 Å². The first-order chi connectivity index (χ1) is 9.79. The third-order valence-corrected chi connectivity index (χ3v) is 3.58. The second-order valence-corrected chi connectivity index (χ2v) is 4.86. The van der Waals surface area contributed by atoms with E-state index in [1.54, 1.807) is 0 Å². The lowest BCUT2D eigenvalue weighted by Gasteiger charge is -2.23. The number of hydrogen-bond acceptors (Lipinski definition) is 4. The van der Waals surface area contributed by atoms with E-state index in [0.717, 1.165) is 17.1 Å². The summed E-state index contributed by atoms with van der Waals surface area (Å²) in [5.74, 6) is 1.63. The van der Waals surface area contributed by atoms with Crippen LogP contribution in [0.25, 0.3) is 0 Å². The van der Waals surface area contributed by atoms with E-state index >= 15 is 0 Å². The van der Waals surface area contributed by atoms with Crippen molar-refractivity contribution in [3.05, 3.63) is 53.3 Å². The van der Waals surface area contributed by atoms with Crippen molar-refractivity contribution in [2.24, 2.45) is 0 Å². The molecule has 0 bridgehead atoms. The minimum Gasteiger partial charge on any atom is -0.486 e. The fourth-order valence-corrected chi connectivity index (χ4v) is 2.52. The molecule has 0 saturated carbocycles. The number of aryl methyl sites for hydroxylation is 1. The van der Waals surface area contributed by atoms with Crippen LogP contribution in [0.1, 0.15) is 22.7 Å². The fourth-order valence-electron chi connectivity index (χ4n) is 2.52. The smallest absolute Gasteiger partial charge is 0.161 e. The monoisotopic (exact) mass is 270 g/mol. The molecule has 4 heteroatoms. The van der Waals surface area contributed by atoms with Gasteiger partial charge in [-0.25, -0.2) is 0 Å². The summed E-state index contributed by atoms with van der Waals surface area (Å²) in [5, 5.41) is 3.35. The predicted molar refractivity (Wildman–Crippen MR) is 77.3 cm³/mol. The summed E-state index contributed by atoms with van der Waals surface area (Å²) in [6.45, 7) is 3.31. The Kier molecular flexibility index (Phi) is 3.56. The maximum Gasteiger partial charge on any atom is 0.161 e. The van der Waals surface area contributed by atoms with Crippen molar-refractivity contribution < 1.29 is 9.47 Å². The van der Waals surface area contributed by atoms with Crippen molar-refractivity contribution in [2.45, 2.75) is 13.0 Å². The van der Waals surface area contributed by atoms with Crippen LogP contribution in [0.2, 0.25) is 0 Å². The summed E-state index contributed by atoms with van der Waals surface area (Å²) >= 11 is 0. The van der Waals surface area contributed by atoms with Crippen molar-refractivity contribution in [3.63, 3.8) is 0 Å². The first-order valence-corrected chi connectivity index (χ1v) is 6.77. The van der Waals surface area contributed by atoms with Gasteiger partial charge >= 0.3 is 0 Å². The number of ether oxygens (including phenoxy) is 2. The third-order valence-electron chi connectivity index (χ3n) is 3.58. The van der Waals surface area contributed by atoms with Gasteiger partial charge in [0.2, 0.25) is 0 Å². The Balaban J connectivity index is 1.99. The number of fused-ring (bicyclic) bond motifs is 1. The van der Waals surface area contributed by atoms with Crippen LogP contribution in [0.15, 0.2) is 36.7 Å². The normalized spacial score (nSPS) is 14.9. The van der Waals surface area contributed by atoms with Crippen LogP contribution in [0.5, 0.6) is 11.5 Å². The van der Waals surface area contributed by atoms with Gasteiger partial charge in [-0.05, 0) is 48.9 Å². The van der Waals surface area contributed by atoms with Gasteiger partial charge in [-0.2, -0.15) is 0 Å². The highest BCUT2D eigenvalue weighted by molar-refractivity contribution is 5.47. The molecule has 0 fully saturated rings. The number of rotatable bonds is 3. The summed E-state index contributed by atoms with van der Waals surface area (Å²) in [6, 6.07) is 8.21. The molecule has 104 valence electrons. The Labute approximate surface area is 118 Å². The molecule has 3 rings (SSSR count). The summed E-state index contributed by atoms with van der Waals surface area (Å²) in [5.41, 5.74) is 3.54. The number of hydrogen-bond donors (Lipinski definition) is 1. The largest absolute Gasteiger partial charge is 0.486 e. The zero-order valence-corrected chi connectivity index (χ0v) is 11.7. The number of aromatic nitrogens is 1. The van der Waals surface area contributed by atoms with Crippen LogP contribution < -0.4 is 14.8 Å². The van der Waals surface area contributed by atoms with Gasteiger partial charge in [0.15, 0.2) is 11.5 Å². The molecule has 0 spiro atoms. The summed E-state index contributed by atoms with van der Waals surface area (Å²) in [7, 11) is 1.95. The minimum atomic E-state index is 0.0968. The Bertz CT molecular complexity index is 613. The number of benzene rings is 1. The fraction of sp³-hybridized carbons (Fsp3) is 0.312. The van der Waals surface area contributed by atoms with Crippen LogP contribution in [0.4, 0.5) is 0 Å². The van der Waals surface area contributed by atoms with Gasteiger partial charge in [0.05, 0.1) is 6.04 Å².